The first-order valence-electron chi connectivity index (χ1n) is 9.00. The molecule has 0 spiro atoms. The molecule has 0 saturated heterocycles. The molecule has 0 amide bonds. The van der Waals surface area contributed by atoms with E-state index in [2.05, 4.69) is 6.92 Å². The van der Waals surface area contributed by atoms with Gasteiger partial charge >= 0.3 is 5.97 Å². The second-order valence-corrected chi connectivity index (χ2v) is 6.21. The lowest BCUT2D eigenvalue weighted by molar-refractivity contribution is -0.149. The van der Waals surface area contributed by atoms with E-state index in [4.69, 9.17) is 4.74 Å². The molecule has 0 fully saturated rings. The Morgan fingerprint density at radius 2 is 1.52 bits per heavy atom. The lowest BCUT2D eigenvalue weighted by atomic mass is 9.91. The van der Waals surface area contributed by atoms with Crippen molar-refractivity contribution in [1.29, 1.82) is 0 Å². The van der Waals surface area contributed by atoms with Crippen LogP contribution in [-0.2, 0) is 20.9 Å². The molecule has 0 N–H and O–H groups in total. The largest absolute Gasteiger partial charge is 0.460 e. The summed E-state index contributed by atoms with van der Waals surface area (Å²) in [5.41, 5.74) is 1.62. The minimum atomic E-state index is -0.827. The van der Waals surface area contributed by atoms with Gasteiger partial charge in [-0.05, 0) is 17.5 Å². The summed E-state index contributed by atoms with van der Waals surface area (Å²) in [6.07, 6.45) is 4.49. The van der Waals surface area contributed by atoms with Crippen molar-refractivity contribution >= 4 is 11.8 Å². The molecular formula is C22H26O3. The lowest BCUT2D eigenvalue weighted by Crippen LogP contribution is -2.24. The number of rotatable bonds is 10. The third-order valence-corrected chi connectivity index (χ3v) is 4.19. The Morgan fingerprint density at radius 3 is 2.16 bits per heavy atom. The van der Waals surface area contributed by atoms with Crippen LogP contribution in [0.15, 0.2) is 60.7 Å². The van der Waals surface area contributed by atoms with Crippen molar-refractivity contribution in [2.75, 3.05) is 0 Å². The molecule has 0 bridgehead atoms. The zero-order valence-corrected chi connectivity index (χ0v) is 14.8. The van der Waals surface area contributed by atoms with Gasteiger partial charge in [0.1, 0.15) is 12.5 Å². The highest BCUT2D eigenvalue weighted by Gasteiger charge is 2.29. The van der Waals surface area contributed by atoms with E-state index in [-0.39, 0.29) is 12.4 Å². The summed E-state index contributed by atoms with van der Waals surface area (Å²) in [6, 6.07) is 18.7. The van der Waals surface area contributed by atoms with Gasteiger partial charge in [-0.25, -0.2) is 0 Å². The second-order valence-electron chi connectivity index (χ2n) is 6.21. The van der Waals surface area contributed by atoms with Crippen molar-refractivity contribution in [1.82, 2.24) is 0 Å². The van der Waals surface area contributed by atoms with Crippen LogP contribution in [0.2, 0.25) is 0 Å². The van der Waals surface area contributed by atoms with Crippen molar-refractivity contribution in [3.8, 4) is 0 Å². The van der Waals surface area contributed by atoms with Gasteiger partial charge in [0, 0.05) is 6.42 Å². The molecule has 1 unspecified atom stereocenters. The summed E-state index contributed by atoms with van der Waals surface area (Å²) < 4.78 is 5.43. The predicted octanol–water partition coefficient (Wildman–Crippen LogP) is 5.05. The van der Waals surface area contributed by atoms with Gasteiger partial charge < -0.3 is 4.74 Å². The number of unbranched alkanes of at least 4 members (excludes halogenated alkanes) is 3. The van der Waals surface area contributed by atoms with Crippen molar-refractivity contribution in [3.63, 3.8) is 0 Å². The van der Waals surface area contributed by atoms with Gasteiger partial charge in [-0.2, -0.15) is 0 Å². The van der Waals surface area contributed by atoms with E-state index in [0.717, 1.165) is 31.2 Å². The summed E-state index contributed by atoms with van der Waals surface area (Å²) in [4.78, 5) is 25.3. The fourth-order valence-electron chi connectivity index (χ4n) is 2.78. The van der Waals surface area contributed by atoms with E-state index in [1.165, 1.54) is 0 Å². The Balaban J connectivity index is 2.03. The van der Waals surface area contributed by atoms with E-state index in [1.807, 2.05) is 60.7 Å². The number of esters is 1. The smallest absolute Gasteiger partial charge is 0.321 e. The number of hydrogen-bond donors (Lipinski definition) is 0. The summed E-state index contributed by atoms with van der Waals surface area (Å²) in [6.45, 7) is 2.32. The molecule has 25 heavy (non-hydrogen) atoms. The topological polar surface area (TPSA) is 43.4 Å². The molecule has 0 radical (unpaired) electrons. The number of benzene rings is 2. The maximum absolute atomic E-state index is 12.7. The number of carbonyl (C=O) groups excluding carboxylic acids is 2. The first-order chi connectivity index (χ1) is 12.2. The molecule has 1 atom stereocenters. The van der Waals surface area contributed by atoms with Gasteiger partial charge in [-0.1, -0.05) is 86.8 Å². The van der Waals surface area contributed by atoms with Gasteiger partial charge in [0.25, 0.3) is 0 Å². The predicted molar refractivity (Wildman–Crippen MR) is 99.2 cm³/mol. The standard InChI is InChI=1S/C22H26O3/c1-2-3-4-11-16-20(23)21(19-14-9-6-10-15-19)22(24)25-17-18-12-7-5-8-13-18/h5-10,12-15,21H,2-4,11,16-17H2,1H3. The third kappa shape index (κ3) is 6.18. The molecule has 132 valence electrons. The summed E-state index contributed by atoms with van der Waals surface area (Å²) >= 11 is 0. The molecule has 3 heteroatoms. The Kier molecular flexibility index (Phi) is 7.90. The van der Waals surface area contributed by atoms with E-state index >= 15 is 0 Å². The van der Waals surface area contributed by atoms with Gasteiger partial charge in [-0.15, -0.1) is 0 Å². The summed E-state index contributed by atoms with van der Waals surface area (Å²) in [5, 5.41) is 0. The van der Waals surface area contributed by atoms with Crippen molar-refractivity contribution in [2.45, 2.75) is 51.6 Å². The van der Waals surface area contributed by atoms with Crippen LogP contribution in [0.3, 0.4) is 0 Å². The minimum absolute atomic E-state index is 0.0552. The highest BCUT2D eigenvalue weighted by molar-refractivity contribution is 6.04. The molecule has 0 aliphatic rings. The van der Waals surface area contributed by atoms with E-state index in [1.54, 1.807) is 0 Å². The number of carbonyl (C=O) groups is 2. The normalized spacial score (nSPS) is 11.7. The maximum atomic E-state index is 12.7. The fourth-order valence-corrected chi connectivity index (χ4v) is 2.78. The zero-order chi connectivity index (χ0) is 17.9. The molecule has 0 saturated carbocycles. The SMILES string of the molecule is CCCCCCC(=O)C(C(=O)OCc1ccccc1)c1ccccc1. The van der Waals surface area contributed by atoms with E-state index in [0.29, 0.717) is 12.0 Å². The maximum Gasteiger partial charge on any atom is 0.321 e. The molecule has 2 aromatic carbocycles. The van der Waals surface area contributed by atoms with Crippen LogP contribution in [0.4, 0.5) is 0 Å². The molecule has 0 aliphatic carbocycles. The van der Waals surface area contributed by atoms with Crippen LogP contribution >= 0.6 is 0 Å². The summed E-state index contributed by atoms with van der Waals surface area (Å²) in [7, 11) is 0. The Morgan fingerprint density at radius 1 is 0.880 bits per heavy atom. The van der Waals surface area contributed by atoms with Gasteiger partial charge in [0.2, 0.25) is 0 Å². The van der Waals surface area contributed by atoms with Crippen molar-refractivity contribution in [3.05, 3.63) is 71.8 Å². The molecule has 2 aromatic rings. The zero-order valence-electron chi connectivity index (χ0n) is 14.8. The molecule has 0 heterocycles. The first-order valence-corrected chi connectivity index (χ1v) is 9.00. The fraction of sp³-hybridized carbons (Fsp3) is 0.364. The van der Waals surface area contributed by atoms with Crippen molar-refractivity contribution in [2.24, 2.45) is 0 Å². The molecular weight excluding hydrogens is 312 g/mol. The van der Waals surface area contributed by atoms with Gasteiger partial charge in [-0.3, -0.25) is 9.59 Å². The van der Waals surface area contributed by atoms with Crippen LogP contribution in [-0.4, -0.2) is 11.8 Å². The monoisotopic (exact) mass is 338 g/mol. The Hall–Kier alpha value is -2.42. The Bertz CT molecular complexity index is 649. The highest BCUT2D eigenvalue weighted by Crippen LogP contribution is 2.22. The molecule has 0 aromatic heterocycles. The van der Waals surface area contributed by atoms with E-state index < -0.39 is 11.9 Å². The number of ether oxygens (including phenoxy) is 1. The van der Waals surface area contributed by atoms with Crippen LogP contribution in [0.1, 0.15) is 56.1 Å². The van der Waals surface area contributed by atoms with Gasteiger partial charge in [0.05, 0.1) is 0 Å². The summed E-state index contributed by atoms with van der Waals surface area (Å²) in [5.74, 6) is -1.34. The molecule has 0 aliphatic heterocycles. The number of Topliss-reactive ketones (excluding diaryl/α,β-unsaturated/α-hetero) is 1. The molecule has 2 rings (SSSR count). The Labute approximate surface area is 150 Å². The van der Waals surface area contributed by atoms with Crippen LogP contribution in [0.25, 0.3) is 0 Å². The first kappa shape index (κ1) is 18.9. The number of hydrogen-bond acceptors (Lipinski definition) is 3. The van der Waals surface area contributed by atoms with Crippen LogP contribution in [0, 0.1) is 0 Å². The van der Waals surface area contributed by atoms with Crippen LogP contribution in [0.5, 0.6) is 0 Å². The van der Waals surface area contributed by atoms with Crippen molar-refractivity contribution < 1.29 is 14.3 Å². The lowest BCUT2D eigenvalue weighted by Gasteiger charge is -2.16. The minimum Gasteiger partial charge on any atom is -0.460 e. The second kappa shape index (κ2) is 10.4. The third-order valence-electron chi connectivity index (χ3n) is 4.19. The average Bonchev–Trinajstić information content (AvgIpc) is 2.65. The highest BCUT2D eigenvalue weighted by atomic mass is 16.5. The quantitative estimate of drug-likeness (QED) is 0.346. The van der Waals surface area contributed by atoms with Crippen LogP contribution < -0.4 is 0 Å². The molecule has 3 nitrogen and oxygen atoms in total. The van der Waals surface area contributed by atoms with E-state index in [9.17, 15) is 9.59 Å². The number of ketones is 1. The van der Waals surface area contributed by atoms with Gasteiger partial charge in [0.15, 0.2) is 5.78 Å². The average molecular weight is 338 g/mol.